The second kappa shape index (κ2) is 8.27. The van der Waals surface area contributed by atoms with Gasteiger partial charge >= 0.3 is 6.18 Å². The summed E-state index contributed by atoms with van der Waals surface area (Å²) in [5.41, 5.74) is 3.71. The van der Waals surface area contributed by atoms with Crippen molar-refractivity contribution in [1.29, 1.82) is 0 Å². The van der Waals surface area contributed by atoms with E-state index in [9.17, 15) is 13.2 Å². The predicted octanol–water partition coefficient (Wildman–Crippen LogP) is 5.39. The standard InChI is InChI=1S/C26H19F3N6O3/c1-36-24-20(21(14-3-4-14)31-11-32-24)25-33-16-6-7-30-17(22(16)38-25)8-13-2-5-15-18(9-13)37-12-35-10-19(26(27,28)29)34-23(15)35/h2,5-7,9-11,14H,3-4,8,12H2,1H3. The van der Waals surface area contributed by atoms with Crippen molar-refractivity contribution in [2.24, 2.45) is 0 Å². The Morgan fingerprint density at radius 3 is 2.76 bits per heavy atom. The average molecular weight is 520 g/mol. The maximum atomic E-state index is 13.1. The SMILES string of the molecule is COc1ncnc(C2CC2)c1-c1nc2ccnc(Cc3ccc4c(c3)OCn3cc(C(F)(F)F)nc3-4)c2o1. The van der Waals surface area contributed by atoms with Crippen LogP contribution in [0.5, 0.6) is 11.6 Å². The summed E-state index contributed by atoms with van der Waals surface area (Å²) in [5, 5.41) is 0. The summed E-state index contributed by atoms with van der Waals surface area (Å²) >= 11 is 0. The second-order valence-electron chi connectivity index (χ2n) is 9.24. The van der Waals surface area contributed by atoms with E-state index in [-0.39, 0.29) is 12.6 Å². The summed E-state index contributed by atoms with van der Waals surface area (Å²) in [6.07, 6.45) is 2.05. The minimum absolute atomic E-state index is 0.0571. The molecule has 0 atom stereocenters. The molecule has 0 bridgehead atoms. The highest BCUT2D eigenvalue weighted by atomic mass is 19.4. The molecule has 0 spiro atoms. The van der Waals surface area contributed by atoms with Gasteiger partial charge in [0.05, 0.1) is 24.1 Å². The number of benzene rings is 1. The molecule has 0 saturated heterocycles. The molecule has 192 valence electrons. The average Bonchev–Trinajstić information content (AvgIpc) is 3.49. The number of alkyl halides is 3. The van der Waals surface area contributed by atoms with E-state index in [0.29, 0.717) is 57.8 Å². The lowest BCUT2D eigenvalue weighted by atomic mass is 10.0. The fraction of sp³-hybridized carbons (Fsp3) is 0.269. The molecule has 1 aliphatic heterocycles. The lowest BCUT2D eigenvalue weighted by Gasteiger charge is -2.19. The van der Waals surface area contributed by atoms with E-state index >= 15 is 0 Å². The third-order valence-corrected chi connectivity index (χ3v) is 6.68. The molecule has 1 fully saturated rings. The fourth-order valence-electron chi connectivity index (χ4n) is 4.72. The summed E-state index contributed by atoms with van der Waals surface area (Å²) in [5.74, 6) is 1.78. The number of hydrogen-bond donors (Lipinski definition) is 0. The zero-order valence-corrected chi connectivity index (χ0v) is 20.0. The fourth-order valence-corrected chi connectivity index (χ4v) is 4.72. The second-order valence-corrected chi connectivity index (χ2v) is 9.24. The van der Waals surface area contributed by atoms with Gasteiger partial charge in [0.25, 0.3) is 0 Å². The smallest absolute Gasteiger partial charge is 0.434 e. The molecule has 7 rings (SSSR count). The van der Waals surface area contributed by atoms with Crippen LogP contribution in [0.2, 0.25) is 0 Å². The van der Waals surface area contributed by atoms with Gasteiger partial charge in [-0.15, -0.1) is 0 Å². The van der Waals surface area contributed by atoms with Crippen LogP contribution >= 0.6 is 0 Å². The number of nitrogens with zero attached hydrogens (tertiary/aromatic N) is 6. The van der Waals surface area contributed by atoms with Crippen molar-refractivity contribution in [3.63, 3.8) is 0 Å². The largest absolute Gasteiger partial charge is 0.480 e. The van der Waals surface area contributed by atoms with E-state index in [2.05, 4.69) is 24.9 Å². The van der Waals surface area contributed by atoms with Crippen LogP contribution in [0.25, 0.3) is 33.9 Å². The van der Waals surface area contributed by atoms with E-state index in [1.165, 1.54) is 10.9 Å². The summed E-state index contributed by atoms with van der Waals surface area (Å²) in [4.78, 5) is 21.7. The molecule has 0 radical (unpaired) electrons. The third-order valence-electron chi connectivity index (χ3n) is 6.68. The quantitative estimate of drug-likeness (QED) is 0.304. The Morgan fingerprint density at radius 2 is 1.97 bits per heavy atom. The highest BCUT2D eigenvalue weighted by Crippen LogP contribution is 2.46. The Bertz CT molecular complexity index is 1710. The zero-order valence-electron chi connectivity index (χ0n) is 20.0. The van der Waals surface area contributed by atoms with Gasteiger partial charge in [-0.25, -0.2) is 19.9 Å². The summed E-state index contributed by atoms with van der Waals surface area (Å²) in [6.45, 7) is -0.0571. The summed E-state index contributed by atoms with van der Waals surface area (Å²) < 4.78 is 58.3. The van der Waals surface area contributed by atoms with Gasteiger partial charge in [0, 0.05) is 24.7 Å². The topological polar surface area (TPSA) is 101 Å². The van der Waals surface area contributed by atoms with Crippen LogP contribution in [-0.4, -0.2) is 36.6 Å². The van der Waals surface area contributed by atoms with Crippen molar-refractivity contribution in [2.75, 3.05) is 7.11 Å². The lowest BCUT2D eigenvalue weighted by molar-refractivity contribution is -0.140. The van der Waals surface area contributed by atoms with Crippen LogP contribution < -0.4 is 9.47 Å². The number of aromatic nitrogens is 6. The van der Waals surface area contributed by atoms with Crippen LogP contribution in [0.1, 0.15) is 41.4 Å². The molecule has 4 aromatic heterocycles. The highest BCUT2D eigenvalue weighted by Gasteiger charge is 2.36. The molecule has 1 aliphatic carbocycles. The van der Waals surface area contributed by atoms with E-state index in [1.54, 1.807) is 31.5 Å². The number of hydrogen-bond acceptors (Lipinski definition) is 8. The summed E-state index contributed by atoms with van der Waals surface area (Å²) in [7, 11) is 1.55. The van der Waals surface area contributed by atoms with Crippen molar-refractivity contribution < 1.29 is 27.1 Å². The van der Waals surface area contributed by atoms with Gasteiger partial charge in [-0.3, -0.25) is 9.55 Å². The molecule has 1 aromatic carbocycles. The zero-order chi connectivity index (χ0) is 26.0. The van der Waals surface area contributed by atoms with Gasteiger partial charge in [0.1, 0.15) is 29.0 Å². The number of oxazole rings is 1. The van der Waals surface area contributed by atoms with E-state index in [0.717, 1.165) is 30.3 Å². The number of imidazole rings is 1. The predicted molar refractivity (Wildman–Crippen MR) is 127 cm³/mol. The number of fused-ring (bicyclic) bond motifs is 4. The van der Waals surface area contributed by atoms with Gasteiger partial charge in [0.15, 0.2) is 18.0 Å². The number of ether oxygens (including phenoxy) is 2. The highest BCUT2D eigenvalue weighted by molar-refractivity contribution is 5.80. The van der Waals surface area contributed by atoms with Gasteiger partial charge in [-0.2, -0.15) is 13.2 Å². The Morgan fingerprint density at radius 1 is 1.11 bits per heavy atom. The molecule has 1 saturated carbocycles. The van der Waals surface area contributed by atoms with Crippen LogP contribution in [0.15, 0.2) is 47.4 Å². The molecule has 5 aromatic rings. The molecule has 5 heterocycles. The van der Waals surface area contributed by atoms with Crippen LogP contribution in [0.4, 0.5) is 13.2 Å². The molecule has 0 amide bonds. The van der Waals surface area contributed by atoms with Crippen molar-refractivity contribution in [2.45, 2.75) is 38.1 Å². The first-order valence-corrected chi connectivity index (χ1v) is 11.9. The Balaban J connectivity index is 1.24. The monoisotopic (exact) mass is 520 g/mol. The van der Waals surface area contributed by atoms with Crippen LogP contribution in [-0.2, 0) is 19.3 Å². The minimum atomic E-state index is -4.53. The Hall–Kier alpha value is -4.48. The van der Waals surface area contributed by atoms with Gasteiger partial charge < -0.3 is 13.9 Å². The normalized spacial score (nSPS) is 14.7. The van der Waals surface area contributed by atoms with Crippen molar-refractivity contribution in [3.8, 4) is 34.5 Å². The van der Waals surface area contributed by atoms with Gasteiger partial charge in [-0.1, -0.05) is 6.07 Å². The molecule has 2 aliphatic rings. The summed E-state index contributed by atoms with van der Waals surface area (Å²) in [6, 6.07) is 7.09. The van der Waals surface area contributed by atoms with Crippen molar-refractivity contribution >= 4 is 11.1 Å². The first-order chi connectivity index (χ1) is 18.4. The molecule has 9 nitrogen and oxygen atoms in total. The van der Waals surface area contributed by atoms with Crippen molar-refractivity contribution in [1.82, 2.24) is 29.5 Å². The molecular formula is C26H19F3N6O3. The first-order valence-electron chi connectivity index (χ1n) is 11.9. The van der Waals surface area contributed by atoms with Crippen LogP contribution in [0.3, 0.4) is 0 Å². The number of methoxy groups -OCH3 is 1. The molecule has 0 N–H and O–H groups in total. The van der Waals surface area contributed by atoms with Gasteiger partial charge in [0.2, 0.25) is 11.8 Å². The van der Waals surface area contributed by atoms with E-state index < -0.39 is 11.9 Å². The van der Waals surface area contributed by atoms with Crippen molar-refractivity contribution in [3.05, 3.63) is 65.6 Å². The molecule has 12 heteroatoms. The number of halogens is 3. The van der Waals surface area contributed by atoms with Gasteiger partial charge in [-0.05, 0) is 36.6 Å². The van der Waals surface area contributed by atoms with Crippen LogP contribution in [0, 0.1) is 0 Å². The maximum Gasteiger partial charge on any atom is 0.434 e. The Kier molecular flexibility index (Phi) is 4.94. The Labute approximate surface area is 213 Å². The number of pyridine rings is 1. The third kappa shape index (κ3) is 3.75. The molecule has 0 unspecified atom stereocenters. The maximum absolute atomic E-state index is 13.1. The number of rotatable bonds is 5. The lowest BCUT2D eigenvalue weighted by Crippen LogP contribution is -2.12. The molecule has 38 heavy (non-hydrogen) atoms. The minimum Gasteiger partial charge on any atom is -0.480 e. The first kappa shape index (κ1) is 22.7. The molecular weight excluding hydrogens is 501 g/mol. The van der Waals surface area contributed by atoms with E-state index in [1.807, 2.05) is 6.07 Å². The van der Waals surface area contributed by atoms with E-state index in [4.69, 9.17) is 13.9 Å².